The zero-order chi connectivity index (χ0) is 25.1. The highest BCUT2D eigenvalue weighted by Gasteiger charge is 2.64. The molecule has 1 aliphatic heterocycles. The van der Waals surface area contributed by atoms with Gasteiger partial charge in [-0.1, -0.05) is 47.1 Å². The number of fused-ring (bicyclic) bond motifs is 1. The molecule has 4 nitrogen and oxygen atoms in total. The van der Waals surface area contributed by atoms with Gasteiger partial charge in [-0.2, -0.15) is 26.3 Å². The first-order chi connectivity index (χ1) is 15.8. The highest BCUT2D eigenvalue weighted by Crippen LogP contribution is 2.51. The fourth-order valence-electron chi connectivity index (χ4n) is 3.84. The fraction of sp³-hybridized carbons (Fsp3) is 0.182. The molecular formula is C22H12ClF7N2O2. The van der Waals surface area contributed by atoms with Crippen molar-refractivity contribution < 1.29 is 40.4 Å². The highest BCUT2D eigenvalue weighted by atomic mass is 35.5. The van der Waals surface area contributed by atoms with Gasteiger partial charge < -0.3 is 10.6 Å². The number of nitrogens with zero attached hydrogens (tertiary/aromatic N) is 1. The van der Waals surface area contributed by atoms with Crippen LogP contribution in [0, 0.1) is 5.82 Å². The molecule has 3 aromatic rings. The van der Waals surface area contributed by atoms with Gasteiger partial charge in [0.15, 0.2) is 0 Å². The summed E-state index contributed by atoms with van der Waals surface area (Å²) in [5.41, 5.74) is -1.37. The maximum atomic E-state index is 14.7. The minimum atomic E-state index is -5.38. The van der Waals surface area contributed by atoms with E-state index < -0.39 is 52.2 Å². The molecule has 0 saturated heterocycles. The quantitative estimate of drug-likeness (QED) is 0.423. The lowest BCUT2D eigenvalue weighted by Crippen LogP contribution is -2.43. The van der Waals surface area contributed by atoms with Gasteiger partial charge in [0.1, 0.15) is 5.82 Å². The lowest BCUT2D eigenvalue weighted by molar-refractivity contribution is -0.276. The molecule has 0 saturated carbocycles. The second kappa shape index (κ2) is 7.86. The van der Waals surface area contributed by atoms with Crippen molar-refractivity contribution in [1.82, 2.24) is 0 Å². The molecule has 0 bridgehead atoms. The van der Waals surface area contributed by atoms with Crippen LogP contribution in [0.5, 0.6) is 0 Å². The molecule has 34 heavy (non-hydrogen) atoms. The van der Waals surface area contributed by atoms with Gasteiger partial charge in [0, 0.05) is 16.7 Å². The van der Waals surface area contributed by atoms with E-state index in [-0.39, 0.29) is 29.0 Å². The lowest BCUT2D eigenvalue weighted by Gasteiger charge is -2.30. The normalized spacial score (nSPS) is 18.6. The predicted octanol–water partition coefficient (Wildman–Crippen LogP) is 6.33. The van der Waals surface area contributed by atoms with Crippen molar-refractivity contribution in [3.63, 3.8) is 0 Å². The number of hydrogen-bond donors (Lipinski definition) is 1. The Morgan fingerprint density at radius 1 is 1.03 bits per heavy atom. The van der Waals surface area contributed by atoms with E-state index in [2.05, 4.69) is 5.16 Å². The third-order valence-corrected chi connectivity index (χ3v) is 5.75. The zero-order valence-corrected chi connectivity index (χ0v) is 17.4. The van der Waals surface area contributed by atoms with Crippen molar-refractivity contribution in [2.24, 2.45) is 10.9 Å². The summed E-state index contributed by atoms with van der Waals surface area (Å²) in [5, 5.41) is 2.93. The third-order valence-electron chi connectivity index (χ3n) is 5.48. The first kappa shape index (κ1) is 23.8. The van der Waals surface area contributed by atoms with E-state index in [1.165, 1.54) is 24.3 Å². The molecule has 178 valence electrons. The van der Waals surface area contributed by atoms with Crippen LogP contribution in [0.1, 0.15) is 33.5 Å². The number of oxime groups is 1. The Kier molecular flexibility index (Phi) is 5.51. The summed E-state index contributed by atoms with van der Waals surface area (Å²) in [5.74, 6) is -2.49. The molecule has 0 spiro atoms. The van der Waals surface area contributed by atoms with E-state index in [1.54, 1.807) is 12.1 Å². The van der Waals surface area contributed by atoms with Crippen LogP contribution in [-0.2, 0) is 16.6 Å². The van der Waals surface area contributed by atoms with E-state index in [4.69, 9.17) is 22.2 Å². The number of benzene rings is 3. The smallest absolute Gasteiger partial charge is 0.374 e. The number of halogens is 8. The van der Waals surface area contributed by atoms with E-state index in [1.807, 2.05) is 0 Å². The predicted molar refractivity (Wildman–Crippen MR) is 109 cm³/mol. The molecule has 12 heteroatoms. The maximum absolute atomic E-state index is 14.7. The number of hydrogen-bond acceptors (Lipinski definition) is 3. The number of rotatable bonds is 3. The summed E-state index contributed by atoms with van der Waals surface area (Å²) in [6.07, 6.45) is -11.6. The minimum absolute atomic E-state index is 0.0153. The first-order valence-corrected chi connectivity index (χ1v) is 9.84. The van der Waals surface area contributed by atoms with Crippen LogP contribution in [0.3, 0.4) is 0 Å². The molecule has 1 atom stereocenters. The fourth-order valence-corrected chi connectivity index (χ4v) is 4.06. The SMILES string of the molecule is NC(=O)c1ccc(C2=NO[C@](c3cc(C(F)(F)F)cc(Cl)c3F)(C(F)(F)F)C2)c2ccccc12. The van der Waals surface area contributed by atoms with Gasteiger partial charge in [-0.25, -0.2) is 4.39 Å². The van der Waals surface area contributed by atoms with Crippen molar-refractivity contribution in [3.05, 3.63) is 81.6 Å². The number of amides is 1. The monoisotopic (exact) mass is 504 g/mol. The molecule has 0 fully saturated rings. The Labute approximate surface area is 191 Å². The van der Waals surface area contributed by atoms with Crippen molar-refractivity contribution in [1.29, 1.82) is 0 Å². The van der Waals surface area contributed by atoms with Gasteiger partial charge >= 0.3 is 12.4 Å². The van der Waals surface area contributed by atoms with Crippen molar-refractivity contribution >= 4 is 34.0 Å². The van der Waals surface area contributed by atoms with E-state index >= 15 is 0 Å². The van der Waals surface area contributed by atoms with Crippen LogP contribution in [0.2, 0.25) is 5.02 Å². The van der Waals surface area contributed by atoms with Crippen LogP contribution in [-0.4, -0.2) is 17.8 Å². The maximum Gasteiger partial charge on any atom is 0.435 e. The molecule has 1 heterocycles. The van der Waals surface area contributed by atoms with Crippen molar-refractivity contribution in [2.45, 2.75) is 24.4 Å². The first-order valence-electron chi connectivity index (χ1n) is 9.46. The Morgan fingerprint density at radius 2 is 1.68 bits per heavy atom. The largest absolute Gasteiger partial charge is 0.435 e. The average molecular weight is 505 g/mol. The Balaban J connectivity index is 1.89. The van der Waals surface area contributed by atoms with Crippen LogP contribution < -0.4 is 5.73 Å². The topological polar surface area (TPSA) is 64.7 Å². The Hall–Kier alpha value is -3.34. The average Bonchev–Trinajstić information content (AvgIpc) is 3.20. The molecule has 0 aliphatic carbocycles. The lowest BCUT2D eigenvalue weighted by atomic mass is 9.84. The number of primary amides is 1. The molecule has 1 aliphatic rings. The number of carbonyl (C=O) groups excluding carboxylic acids is 1. The number of nitrogens with two attached hydrogens (primary N) is 1. The van der Waals surface area contributed by atoms with Crippen molar-refractivity contribution in [3.8, 4) is 0 Å². The molecule has 4 rings (SSSR count). The van der Waals surface area contributed by atoms with Crippen LogP contribution >= 0.6 is 11.6 Å². The summed E-state index contributed by atoms with van der Waals surface area (Å²) in [7, 11) is 0. The summed E-state index contributed by atoms with van der Waals surface area (Å²) < 4.78 is 97.2. The highest BCUT2D eigenvalue weighted by molar-refractivity contribution is 6.31. The van der Waals surface area contributed by atoms with Gasteiger partial charge in [0.05, 0.1) is 22.7 Å². The van der Waals surface area contributed by atoms with Crippen LogP contribution in [0.4, 0.5) is 30.7 Å². The minimum Gasteiger partial charge on any atom is -0.374 e. The van der Waals surface area contributed by atoms with Gasteiger partial charge in [0.2, 0.25) is 5.91 Å². The molecule has 0 unspecified atom stereocenters. The van der Waals surface area contributed by atoms with Gasteiger partial charge in [0.25, 0.3) is 5.60 Å². The van der Waals surface area contributed by atoms with Crippen LogP contribution in [0.15, 0.2) is 53.7 Å². The molecule has 1 amide bonds. The van der Waals surface area contributed by atoms with E-state index in [0.717, 1.165) is 0 Å². The zero-order valence-electron chi connectivity index (χ0n) is 16.7. The number of alkyl halides is 6. The van der Waals surface area contributed by atoms with Crippen molar-refractivity contribution in [2.75, 3.05) is 0 Å². The van der Waals surface area contributed by atoms with E-state index in [9.17, 15) is 35.5 Å². The standard InChI is InChI=1S/C22H12ClF7N2O2/c23-16-8-10(21(25,26)27)7-15(18(16)24)20(22(28,29)30)9-17(32-34-20)13-5-6-14(19(31)33)12-4-2-1-3-11(12)13/h1-8H,9H2,(H2,31,33)/t20-/m1/s1. The third kappa shape index (κ3) is 3.73. The Morgan fingerprint density at radius 3 is 2.26 bits per heavy atom. The molecule has 0 radical (unpaired) electrons. The van der Waals surface area contributed by atoms with Gasteiger partial charge in [-0.05, 0) is 29.0 Å². The molecule has 0 aromatic heterocycles. The summed E-state index contributed by atoms with van der Waals surface area (Å²) in [4.78, 5) is 16.4. The summed E-state index contributed by atoms with van der Waals surface area (Å²) >= 11 is 5.52. The van der Waals surface area contributed by atoms with Gasteiger partial charge in [-0.15, -0.1) is 0 Å². The number of carbonyl (C=O) groups is 1. The Bertz CT molecular complexity index is 1350. The summed E-state index contributed by atoms with van der Waals surface area (Å²) in [6.45, 7) is 0. The van der Waals surface area contributed by atoms with Gasteiger partial charge in [-0.3, -0.25) is 4.79 Å². The second-order valence-electron chi connectivity index (χ2n) is 7.52. The van der Waals surface area contributed by atoms with Crippen LogP contribution in [0.25, 0.3) is 10.8 Å². The summed E-state index contributed by atoms with van der Waals surface area (Å²) in [6, 6.07) is 8.90. The molecular weight excluding hydrogens is 493 g/mol. The second-order valence-corrected chi connectivity index (χ2v) is 7.93. The van der Waals surface area contributed by atoms with E-state index in [0.29, 0.717) is 10.8 Å². The molecule has 3 aromatic carbocycles. The molecule has 2 N–H and O–H groups in total.